The average Bonchev–Trinajstić information content (AvgIpc) is 3.11. The van der Waals surface area contributed by atoms with Crippen LogP contribution in [0, 0.1) is 6.92 Å². The van der Waals surface area contributed by atoms with Gasteiger partial charge in [-0.2, -0.15) is 0 Å². The minimum absolute atomic E-state index is 0.00886. The first kappa shape index (κ1) is 17.1. The minimum atomic E-state index is -3.45. The van der Waals surface area contributed by atoms with Crippen LogP contribution < -0.4 is 4.72 Å². The van der Waals surface area contributed by atoms with Crippen molar-refractivity contribution in [3.05, 3.63) is 52.9 Å². The van der Waals surface area contributed by atoms with Crippen molar-refractivity contribution >= 4 is 27.3 Å². The summed E-state index contributed by atoms with van der Waals surface area (Å²) in [5.74, 6) is 0.00886. The van der Waals surface area contributed by atoms with Gasteiger partial charge in [0.2, 0.25) is 10.0 Å². The summed E-state index contributed by atoms with van der Waals surface area (Å²) >= 11 is 1.21. The van der Waals surface area contributed by atoms with Gasteiger partial charge < -0.3 is 4.90 Å². The number of sulfonamides is 1. The topological polar surface area (TPSA) is 66.5 Å². The van der Waals surface area contributed by atoms with E-state index >= 15 is 0 Å². The molecule has 7 heteroatoms. The van der Waals surface area contributed by atoms with E-state index in [-0.39, 0.29) is 11.9 Å². The molecule has 0 unspecified atom stereocenters. The molecule has 1 saturated heterocycles. The number of hydrogen-bond acceptors (Lipinski definition) is 4. The summed E-state index contributed by atoms with van der Waals surface area (Å²) in [4.78, 5) is 14.3. The predicted octanol–water partition coefficient (Wildman–Crippen LogP) is 2.64. The fraction of sp³-hybridized carbons (Fsp3) is 0.353. The zero-order valence-corrected chi connectivity index (χ0v) is 15.1. The maximum atomic E-state index is 12.5. The molecule has 1 amide bonds. The molecule has 1 aromatic carbocycles. The summed E-state index contributed by atoms with van der Waals surface area (Å²) in [5, 5.41) is 1.75. The first-order valence-electron chi connectivity index (χ1n) is 7.87. The highest BCUT2D eigenvalue weighted by atomic mass is 32.2. The molecule has 2 aromatic rings. The lowest BCUT2D eigenvalue weighted by Gasteiger charge is -2.32. The van der Waals surface area contributed by atoms with E-state index in [0.717, 1.165) is 5.56 Å². The van der Waals surface area contributed by atoms with Crippen LogP contribution in [-0.4, -0.2) is 38.4 Å². The van der Waals surface area contributed by atoms with Gasteiger partial charge in [0.25, 0.3) is 5.91 Å². The van der Waals surface area contributed by atoms with Crippen LogP contribution in [-0.2, 0) is 10.0 Å². The Hall–Kier alpha value is -1.70. The van der Waals surface area contributed by atoms with Gasteiger partial charge in [-0.3, -0.25) is 4.79 Å². The number of likely N-dealkylation sites (tertiary alicyclic amines) is 1. The average molecular weight is 364 g/mol. The van der Waals surface area contributed by atoms with Crippen molar-refractivity contribution in [2.45, 2.75) is 30.0 Å². The molecule has 1 aliphatic rings. The van der Waals surface area contributed by atoms with Crippen molar-refractivity contribution in [3.63, 3.8) is 0 Å². The number of benzene rings is 1. The number of rotatable bonds is 4. The van der Waals surface area contributed by atoms with Gasteiger partial charge in [0.1, 0.15) is 4.21 Å². The Morgan fingerprint density at radius 3 is 2.42 bits per heavy atom. The number of piperidine rings is 1. The molecular formula is C17H20N2O3S2. The van der Waals surface area contributed by atoms with E-state index in [9.17, 15) is 13.2 Å². The Labute approximate surface area is 146 Å². The smallest absolute Gasteiger partial charge is 0.253 e. The monoisotopic (exact) mass is 364 g/mol. The second kappa shape index (κ2) is 7.04. The van der Waals surface area contributed by atoms with E-state index < -0.39 is 10.0 Å². The lowest BCUT2D eigenvalue weighted by molar-refractivity contribution is 0.0711. The summed E-state index contributed by atoms with van der Waals surface area (Å²) in [6.07, 6.45) is 1.25. The summed E-state index contributed by atoms with van der Waals surface area (Å²) in [5.41, 5.74) is 1.80. The van der Waals surface area contributed by atoms with Gasteiger partial charge in [-0.1, -0.05) is 23.8 Å². The van der Waals surface area contributed by atoms with Gasteiger partial charge in [0.15, 0.2) is 0 Å². The molecule has 3 rings (SSSR count). The van der Waals surface area contributed by atoms with Crippen LogP contribution in [0.15, 0.2) is 46.0 Å². The molecule has 2 heterocycles. The molecule has 0 aliphatic carbocycles. The SMILES string of the molecule is Cc1ccc(C(=O)N2CCC(NS(=O)(=O)c3cccs3)CC2)cc1. The van der Waals surface area contributed by atoms with Crippen molar-refractivity contribution in [2.24, 2.45) is 0 Å². The van der Waals surface area contributed by atoms with E-state index in [1.54, 1.807) is 22.4 Å². The maximum Gasteiger partial charge on any atom is 0.253 e. The number of thiophene rings is 1. The number of nitrogens with one attached hydrogen (secondary N) is 1. The van der Waals surface area contributed by atoms with Gasteiger partial charge in [-0.15, -0.1) is 11.3 Å². The summed E-state index contributed by atoms with van der Waals surface area (Å²) in [7, 11) is -3.45. The molecule has 1 aliphatic heterocycles. The molecule has 128 valence electrons. The Kier molecular flexibility index (Phi) is 5.03. The van der Waals surface area contributed by atoms with E-state index in [1.165, 1.54) is 11.3 Å². The second-order valence-electron chi connectivity index (χ2n) is 5.99. The van der Waals surface area contributed by atoms with Crippen LogP contribution >= 0.6 is 11.3 Å². The molecule has 0 atom stereocenters. The molecule has 0 radical (unpaired) electrons. The van der Waals surface area contributed by atoms with Crippen LogP contribution in [0.25, 0.3) is 0 Å². The first-order valence-corrected chi connectivity index (χ1v) is 10.2. The summed E-state index contributed by atoms with van der Waals surface area (Å²) in [6, 6.07) is 10.7. The van der Waals surface area contributed by atoms with E-state index in [0.29, 0.717) is 35.7 Å². The minimum Gasteiger partial charge on any atom is -0.339 e. The van der Waals surface area contributed by atoms with Gasteiger partial charge in [-0.25, -0.2) is 13.1 Å². The third kappa shape index (κ3) is 3.85. The quantitative estimate of drug-likeness (QED) is 0.907. The lowest BCUT2D eigenvalue weighted by Crippen LogP contribution is -2.46. The molecular weight excluding hydrogens is 344 g/mol. The number of carbonyl (C=O) groups is 1. The van der Waals surface area contributed by atoms with Crippen LogP contribution in [0.4, 0.5) is 0 Å². The zero-order chi connectivity index (χ0) is 17.2. The Bertz CT molecular complexity index is 791. The van der Waals surface area contributed by atoms with Crippen LogP contribution in [0.5, 0.6) is 0 Å². The molecule has 1 aromatic heterocycles. The van der Waals surface area contributed by atoms with E-state index in [4.69, 9.17) is 0 Å². The number of aryl methyl sites for hydroxylation is 1. The van der Waals surface area contributed by atoms with Crippen LogP contribution in [0.3, 0.4) is 0 Å². The van der Waals surface area contributed by atoms with Crippen molar-refractivity contribution in [2.75, 3.05) is 13.1 Å². The van der Waals surface area contributed by atoms with Gasteiger partial charge in [0, 0.05) is 24.7 Å². The molecule has 24 heavy (non-hydrogen) atoms. The normalized spacial score (nSPS) is 16.3. The van der Waals surface area contributed by atoms with Gasteiger partial charge in [0.05, 0.1) is 0 Å². The van der Waals surface area contributed by atoms with E-state index in [1.807, 2.05) is 31.2 Å². The Balaban J connectivity index is 1.58. The predicted molar refractivity (Wildman–Crippen MR) is 94.7 cm³/mol. The number of carbonyl (C=O) groups excluding carboxylic acids is 1. The zero-order valence-electron chi connectivity index (χ0n) is 13.4. The highest BCUT2D eigenvalue weighted by Crippen LogP contribution is 2.19. The number of nitrogens with zero attached hydrogens (tertiary/aromatic N) is 1. The molecule has 0 saturated carbocycles. The Morgan fingerprint density at radius 1 is 1.17 bits per heavy atom. The standard InChI is InChI=1S/C17H20N2O3S2/c1-13-4-6-14(7-5-13)17(20)19-10-8-15(9-11-19)18-24(21,22)16-3-2-12-23-16/h2-7,12,15,18H,8-11H2,1H3. The summed E-state index contributed by atoms with van der Waals surface area (Å²) < 4.78 is 27.6. The second-order valence-corrected chi connectivity index (χ2v) is 8.87. The van der Waals surface area contributed by atoms with Crippen molar-refractivity contribution in [1.29, 1.82) is 0 Å². The number of hydrogen-bond donors (Lipinski definition) is 1. The molecule has 1 fully saturated rings. The molecule has 5 nitrogen and oxygen atoms in total. The van der Waals surface area contributed by atoms with Crippen LogP contribution in [0.2, 0.25) is 0 Å². The van der Waals surface area contributed by atoms with Crippen molar-refractivity contribution < 1.29 is 13.2 Å². The van der Waals surface area contributed by atoms with Crippen LogP contribution in [0.1, 0.15) is 28.8 Å². The highest BCUT2D eigenvalue weighted by molar-refractivity contribution is 7.91. The largest absolute Gasteiger partial charge is 0.339 e. The van der Waals surface area contributed by atoms with E-state index in [2.05, 4.69) is 4.72 Å². The molecule has 1 N–H and O–H groups in total. The fourth-order valence-electron chi connectivity index (χ4n) is 2.77. The fourth-order valence-corrected chi connectivity index (χ4v) is 5.09. The van der Waals surface area contributed by atoms with Gasteiger partial charge >= 0.3 is 0 Å². The first-order chi connectivity index (χ1) is 11.5. The summed E-state index contributed by atoms with van der Waals surface area (Å²) in [6.45, 7) is 3.11. The van der Waals surface area contributed by atoms with Crippen molar-refractivity contribution in [1.82, 2.24) is 9.62 Å². The highest BCUT2D eigenvalue weighted by Gasteiger charge is 2.27. The third-order valence-corrected chi connectivity index (χ3v) is 7.08. The maximum absolute atomic E-state index is 12.5. The third-order valence-electron chi connectivity index (χ3n) is 4.16. The van der Waals surface area contributed by atoms with Crippen molar-refractivity contribution in [3.8, 4) is 0 Å². The number of amides is 1. The molecule has 0 spiro atoms. The van der Waals surface area contributed by atoms with Gasteiger partial charge in [-0.05, 0) is 43.3 Å². The Morgan fingerprint density at radius 2 is 1.83 bits per heavy atom. The lowest BCUT2D eigenvalue weighted by atomic mass is 10.0. The molecule has 0 bridgehead atoms.